The second-order valence-corrected chi connectivity index (χ2v) is 6.69. The number of ether oxygens (including phenoxy) is 2. The minimum atomic E-state index is 0.00208. The molecule has 3 nitrogen and oxygen atoms in total. The molecule has 2 fully saturated rings. The monoisotopic (exact) mass is 268 g/mol. The van der Waals surface area contributed by atoms with Crippen LogP contribution in [-0.2, 0) is 14.3 Å². The van der Waals surface area contributed by atoms with Gasteiger partial charge in [0.15, 0.2) is 0 Å². The van der Waals surface area contributed by atoms with E-state index in [1.54, 1.807) is 0 Å². The van der Waals surface area contributed by atoms with E-state index in [2.05, 4.69) is 6.92 Å². The Morgan fingerprint density at radius 1 is 1.32 bits per heavy atom. The van der Waals surface area contributed by atoms with Crippen LogP contribution in [0.15, 0.2) is 0 Å². The van der Waals surface area contributed by atoms with Crippen LogP contribution in [-0.4, -0.2) is 25.3 Å². The molecule has 0 bridgehead atoms. The molecule has 1 aliphatic carbocycles. The predicted molar refractivity (Wildman–Crippen MR) is 74.8 cm³/mol. The van der Waals surface area contributed by atoms with Crippen LogP contribution in [0.3, 0.4) is 0 Å². The van der Waals surface area contributed by atoms with Crippen molar-refractivity contribution >= 4 is 5.97 Å². The second kappa shape index (κ2) is 6.25. The molecular formula is C16H28O3. The number of hydrogen-bond acceptors (Lipinski definition) is 3. The lowest BCUT2D eigenvalue weighted by molar-refractivity contribution is -0.161. The fourth-order valence-electron chi connectivity index (χ4n) is 3.50. The first-order valence-corrected chi connectivity index (χ1v) is 7.84. The first kappa shape index (κ1) is 14.8. The Morgan fingerprint density at radius 3 is 2.53 bits per heavy atom. The molecule has 2 unspecified atom stereocenters. The third kappa shape index (κ3) is 3.50. The first-order chi connectivity index (χ1) is 9.06. The zero-order valence-electron chi connectivity index (χ0n) is 12.6. The van der Waals surface area contributed by atoms with E-state index in [1.807, 2.05) is 13.8 Å². The Kier molecular flexibility index (Phi) is 4.88. The van der Waals surface area contributed by atoms with Gasteiger partial charge in [-0.2, -0.15) is 0 Å². The molecule has 2 rings (SSSR count). The Morgan fingerprint density at radius 2 is 2.00 bits per heavy atom. The average Bonchev–Trinajstić information content (AvgIpc) is 2.33. The van der Waals surface area contributed by atoms with Crippen molar-refractivity contribution in [2.24, 2.45) is 17.3 Å². The van der Waals surface area contributed by atoms with E-state index in [1.165, 1.54) is 19.3 Å². The minimum absolute atomic E-state index is 0.00208. The maximum Gasteiger partial charge on any atom is 0.309 e. The van der Waals surface area contributed by atoms with Gasteiger partial charge in [0.1, 0.15) is 0 Å². The molecule has 3 heteroatoms. The normalized spacial score (nSPS) is 29.9. The summed E-state index contributed by atoms with van der Waals surface area (Å²) in [5.41, 5.74) is 0.346. The predicted octanol–water partition coefficient (Wildman–Crippen LogP) is 3.56. The third-order valence-electron chi connectivity index (χ3n) is 4.83. The van der Waals surface area contributed by atoms with Crippen molar-refractivity contribution in [3.8, 4) is 0 Å². The van der Waals surface area contributed by atoms with Crippen LogP contribution in [0.2, 0.25) is 0 Å². The van der Waals surface area contributed by atoms with E-state index >= 15 is 0 Å². The van der Waals surface area contributed by atoms with Crippen LogP contribution < -0.4 is 0 Å². The highest BCUT2D eigenvalue weighted by atomic mass is 16.5. The molecule has 0 N–H and O–H groups in total. The molecule has 2 aliphatic rings. The fourth-order valence-corrected chi connectivity index (χ4v) is 3.50. The number of hydrogen-bond donors (Lipinski definition) is 0. The molecule has 0 aromatic heterocycles. The molecule has 0 radical (unpaired) electrons. The topological polar surface area (TPSA) is 35.5 Å². The van der Waals surface area contributed by atoms with Gasteiger partial charge in [-0.05, 0) is 45.4 Å². The van der Waals surface area contributed by atoms with Crippen molar-refractivity contribution in [1.29, 1.82) is 0 Å². The van der Waals surface area contributed by atoms with Crippen LogP contribution in [0.1, 0.15) is 59.3 Å². The Labute approximate surface area is 117 Å². The van der Waals surface area contributed by atoms with Gasteiger partial charge in [0.2, 0.25) is 0 Å². The molecule has 110 valence electrons. The summed E-state index contributed by atoms with van der Waals surface area (Å²) < 4.78 is 10.9. The van der Waals surface area contributed by atoms with Gasteiger partial charge in [-0.1, -0.05) is 19.8 Å². The van der Waals surface area contributed by atoms with Crippen molar-refractivity contribution in [2.45, 2.75) is 65.4 Å². The molecule has 0 amide bonds. The molecule has 1 saturated heterocycles. The number of carbonyl (C=O) groups is 1. The van der Waals surface area contributed by atoms with E-state index < -0.39 is 0 Å². The summed E-state index contributed by atoms with van der Waals surface area (Å²) in [6.07, 6.45) is 6.93. The quantitative estimate of drug-likeness (QED) is 0.715. The van der Waals surface area contributed by atoms with Crippen LogP contribution >= 0.6 is 0 Å². The van der Waals surface area contributed by atoms with E-state index in [4.69, 9.17) is 9.47 Å². The summed E-state index contributed by atoms with van der Waals surface area (Å²) in [5.74, 6) is 0.662. The first-order valence-electron chi connectivity index (χ1n) is 7.84. The Hall–Kier alpha value is -0.570. The van der Waals surface area contributed by atoms with Crippen LogP contribution in [0.4, 0.5) is 0 Å². The van der Waals surface area contributed by atoms with E-state index in [-0.39, 0.29) is 18.0 Å². The molecule has 1 aliphatic heterocycles. The SMILES string of the molecule is CCC1(CC2CCCCC2C(=O)OC(C)C)COC1. The Balaban J connectivity index is 1.97. The number of rotatable bonds is 5. The molecule has 2 atom stereocenters. The summed E-state index contributed by atoms with van der Waals surface area (Å²) in [5, 5.41) is 0. The molecule has 0 aromatic carbocycles. The second-order valence-electron chi connectivity index (χ2n) is 6.69. The average molecular weight is 268 g/mol. The van der Waals surface area contributed by atoms with Crippen LogP contribution in [0.25, 0.3) is 0 Å². The zero-order valence-corrected chi connectivity index (χ0v) is 12.6. The van der Waals surface area contributed by atoms with Crippen molar-refractivity contribution in [1.82, 2.24) is 0 Å². The molecule has 1 saturated carbocycles. The lowest BCUT2D eigenvalue weighted by Crippen LogP contribution is -2.45. The minimum Gasteiger partial charge on any atom is -0.463 e. The maximum absolute atomic E-state index is 12.2. The van der Waals surface area contributed by atoms with Gasteiger partial charge in [0.05, 0.1) is 25.2 Å². The molecule has 0 spiro atoms. The van der Waals surface area contributed by atoms with Crippen molar-refractivity contribution < 1.29 is 14.3 Å². The third-order valence-corrected chi connectivity index (χ3v) is 4.83. The van der Waals surface area contributed by atoms with E-state index in [9.17, 15) is 4.79 Å². The number of esters is 1. The van der Waals surface area contributed by atoms with Gasteiger partial charge in [0, 0.05) is 5.41 Å². The number of carbonyl (C=O) groups excluding carboxylic acids is 1. The fraction of sp³-hybridized carbons (Fsp3) is 0.938. The highest BCUT2D eigenvalue weighted by molar-refractivity contribution is 5.73. The van der Waals surface area contributed by atoms with Crippen molar-refractivity contribution in [2.75, 3.05) is 13.2 Å². The van der Waals surface area contributed by atoms with Crippen LogP contribution in [0, 0.1) is 17.3 Å². The van der Waals surface area contributed by atoms with Crippen LogP contribution in [0.5, 0.6) is 0 Å². The van der Waals surface area contributed by atoms with Gasteiger partial charge in [0.25, 0.3) is 0 Å². The smallest absolute Gasteiger partial charge is 0.309 e. The Bertz CT molecular complexity index is 302. The molecular weight excluding hydrogens is 240 g/mol. The van der Waals surface area contributed by atoms with Gasteiger partial charge >= 0.3 is 5.97 Å². The zero-order chi connectivity index (χ0) is 13.9. The standard InChI is InChI=1S/C16H28O3/c1-4-16(10-18-11-16)9-13-7-5-6-8-14(13)15(17)19-12(2)3/h12-14H,4-11H2,1-3H3. The molecule has 0 aromatic rings. The lowest BCUT2D eigenvalue weighted by Gasteiger charge is -2.45. The summed E-state index contributed by atoms with van der Waals surface area (Å²) >= 11 is 0. The highest BCUT2D eigenvalue weighted by Gasteiger charge is 2.43. The van der Waals surface area contributed by atoms with Gasteiger partial charge in [-0.15, -0.1) is 0 Å². The summed E-state index contributed by atoms with van der Waals surface area (Å²) in [4.78, 5) is 12.2. The summed E-state index contributed by atoms with van der Waals surface area (Å²) in [6.45, 7) is 7.87. The lowest BCUT2D eigenvalue weighted by atomic mass is 9.68. The molecule has 19 heavy (non-hydrogen) atoms. The maximum atomic E-state index is 12.2. The van der Waals surface area contributed by atoms with Crippen molar-refractivity contribution in [3.63, 3.8) is 0 Å². The van der Waals surface area contributed by atoms with E-state index in [0.29, 0.717) is 11.3 Å². The van der Waals surface area contributed by atoms with Crippen molar-refractivity contribution in [3.05, 3.63) is 0 Å². The molecule has 1 heterocycles. The summed E-state index contributed by atoms with van der Waals surface area (Å²) in [7, 11) is 0. The van der Waals surface area contributed by atoms with Gasteiger partial charge in [-0.25, -0.2) is 0 Å². The van der Waals surface area contributed by atoms with E-state index in [0.717, 1.165) is 32.5 Å². The summed E-state index contributed by atoms with van der Waals surface area (Å²) in [6, 6.07) is 0. The van der Waals surface area contributed by atoms with Gasteiger partial charge in [-0.3, -0.25) is 4.79 Å². The largest absolute Gasteiger partial charge is 0.463 e. The highest BCUT2D eigenvalue weighted by Crippen LogP contribution is 2.44. The van der Waals surface area contributed by atoms with Gasteiger partial charge < -0.3 is 9.47 Å².